The van der Waals surface area contributed by atoms with Crippen molar-refractivity contribution in [3.8, 4) is 28.1 Å². The van der Waals surface area contributed by atoms with Gasteiger partial charge >= 0.3 is 0 Å². The van der Waals surface area contributed by atoms with Crippen LogP contribution in [0.5, 0.6) is 5.75 Å². The zero-order valence-electron chi connectivity index (χ0n) is 22.7. The zero-order valence-corrected chi connectivity index (χ0v) is 22.7. The number of rotatable bonds is 6. The fourth-order valence-electron chi connectivity index (χ4n) is 5.37. The van der Waals surface area contributed by atoms with Gasteiger partial charge in [-0.3, -0.25) is 9.69 Å². The number of nitrogens with zero attached hydrogens (tertiary/aromatic N) is 4. The van der Waals surface area contributed by atoms with Crippen LogP contribution >= 0.6 is 0 Å². The lowest BCUT2D eigenvalue weighted by atomic mass is 10.1. The second-order valence-electron chi connectivity index (χ2n) is 10.2. The number of piperazine rings is 1. The maximum Gasteiger partial charge on any atom is 0.254 e. The molecule has 1 aliphatic heterocycles. The van der Waals surface area contributed by atoms with E-state index in [9.17, 15) is 9.18 Å². The second-order valence-corrected chi connectivity index (χ2v) is 10.2. The fraction of sp³-hybridized carbons (Fsp3) is 0.212. The molecule has 0 unspecified atom stereocenters. The normalized spacial score (nSPS) is 14.0. The molecule has 0 saturated carbocycles. The molecule has 6 rings (SSSR count). The quantitative estimate of drug-likeness (QED) is 0.265. The number of fused-ring (bicyclic) bond motifs is 1. The Morgan fingerprint density at radius 3 is 2.42 bits per heavy atom. The molecule has 1 aliphatic rings. The molecule has 202 valence electrons. The van der Waals surface area contributed by atoms with Crippen LogP contribution in [0.1, 0.15) is 21.6 Å². The molecule has 2 aromatic heterocycles. The summed E-state index contributed by atoms with van der Waals surface area (Å²) in [5, 5.41) is 0. The van der Waals surface area contributed by atoms with Crippen molar-refractivity contribution >= 4 is 11.6 Å². The molecular weight excluding hydrogens is 503 g/mol. The molecule has 0 N–H and O–H groups in total. The molecule has 40 heavy (non-hydrogen) atoms. The molecule has 0 aliphatic carbocycles. The van der Waals surface area contributed by atoms with Crippen LogP contribution in [-0.2, 0) is 6.54 Å². The lowest BCUT2D eigenvalue weighted by Crippen LogP contribution is -2.48. The number of aryl methyl sites for hydroxylation is 1. The standard InChI is InChI=1S/C33H31FN4O2/c1-23-6-3-7-24(18-23)27-12-13-31-35-32(25-8-5-11-29(20-25)40-2)30(38(31)21-27)22-36-14-16-37(17-15-36)33(39)26-9-4-10-28(34)19-26/h3-13,18-21H,14-17,22H2,1-2H3. The number of aromatic nitrogens is 2. The Balaban J connectivity index is 1.32. The predicted molar refractivity (Wildman–Crippen MR) is 155 cm³/mol. The highest BCUT2D eigenvalue weighted by atomic mass is 19.1. The van der Waals surface area contributed by atoms with Gasteiger partial charge in [-0.2, -0.15) is 0 Å². The van der Waals surface area contributed by atoms with Crippen molar-refractivity contribution in [2.75, 3.05) is 33.3 Å². The number of hydrogen-bond donors (Lipinski definition) is 0. The van der Waals surface area contributed by atoms with Crippen LogP contribution in [0.25, 0.3) is 28.0 Å². The van der Waals surface area contributed by atoms with Crippen LogP contribution in [0.15, 0.2) is 91.1 Å². The lowest BCUT2D eigenvalue weighted by Gasteiger charge is -2.34. The van der Waals surface area contributed by atoms with E-state index < -0.39 is 5.82 Å². The summed E-state index contributed by atoms with van der Waals surface area (Å²) >= 11 is 0. The van der Waals surface area contributed by atoms with E-state index in [1.165, 1.54) is 17.7 Å². The van der Waals surface area contributed by atoms with Gasteiger partial charge in [0, 0.05) is 50.0 Å². The minimum absolute atomic E-state index is 0.131. The fourth-order valence-corrected chi connectivity index (χ4v) is 5.37. The average Bonchev–Trinajstić information content (AvgIpc) is 3.34. The number of carbonyl (C=O) groups is 1. The number of carbonyl (C=O) groups excluding carboxylic acids is 1. The molecule has 0 bridgehead atoms. The van der Waals surface area contributed by atoms with Gasteiger partial charge in [0.2, 0.25) is 0 Å². The minimum Gasteiger partial charge on any atom is -0.497 e. The molecule has 1 amide bonds. The third-order valence-corrected chi connectivity index (χ3v) is 7.52. The van der Waals surface area contributed by atoms with Crippen molar-refractivity contribution in [1.82, 2.24) is 19.2 Å². The highest BCUT2D eigenvalue weighted by Gasteiger charge is 2.25. The number of benzene rings is 3. The molecule has 3 heterocycles. The summed E-state index contributed by atoms with van der Waals surface area (Å²) in [6.07, 6.45) is 2.17. The molecule has 6 nitrogen and oxygen atoms in total. The van der Waals surface area contributed by atoms with Gasteiger partial charge < -0.3 is 14.0 Å². The topological polar surface area (TPSA) is 50.1 Å². The number of halogens is 1. The van der Waals surface area contributed by atoms with Crippen molar-refractivity contribution in [2.45, 2.75) is 13.5 Å². The molecule has 0 spiro atoms. The molecule has 7 heteroatoms. The van der Waals surface area contributed by atoms with Gasteiger partial charge in [-0.25, -0.2) is 9.37 Å². The number of imidazole rings is 1. The zero-order chi connectivity index (χ0) is 27.6. The van der Waals surface area contributed by atoms with Crippen molar-refractivity contribution in [3.63, 3.8) is 0 Å². The smallest absolute Gasteiger partial charge is 0.254 e. The van der Waals surface area contributed by atoms with Crippen molar-refractivity contribution in [1.29, 1.82) is 0 Å². The first kappa shape index (κ1) is 25.8. The summed E-state index contributed by atoms with van der Waals surface area (Å²) < 4.78 is 21.4. The van der Waals surface area contributed by atoms with Crippen LogP contribution < -0.4 is 4.74 Å². The monoisotopic (exact) mass is 534 g/mol. The van der Waals surface area contributed by atoms with Gasteiger partial charge in [-0.15, -0.1) is 0 Å². The van der Waals surface area contributed by atoms with E-state index in [1.54, 1.807) is 24.1 Å². The summed E-state index contributed by atoms with van der Waals surface area (Å²) in [6.45, 7) is 5.36. The summed E-state index contributed by atoms with van der Waals surface area (Å²) in [5.74, 6) is 0.256. The highest BCUT2D eigenvalue weighted by molar-refractivity contribution is 5.94. The van der Waals surface area contributed by atoms with Crippen LogP contribution in [0, 0.1) is 12.7 Å². The van der Waals surface area contributed by atoms with E-state index in [2.05, 4.69) is 64.9 Å². The summed E-state index contributed by atoms with van der Waals surface area (Å²) in [6, 6.07) is 26.6. The third kappa shape index (κ3) is 5.20. The Labute approximate surface area is 233 Å². The summed E-state index contributed by atoms with van der Waals surface area (Å²) in [5.41, 5.74) is 7.76. The molecule has 0 radical (unpaired) electrons. The maximum absolute atomic E-state index is 13.7. The molecule has 1 fully saturated rings. The van der Waals surface area contributed by atoms with Gasteiger partial charge in [0.15, 0.2) is 0 Å². The first-order valence-electron chi connectivity index (χ1n) is 13.5. The molecule has 1 saturated heterocycles. The number of amides is 1. The lowest BCUT2D eigenvalue weighted by molar-refractivity contribution is 0.0626. The number of hydrogen-bond acceptors (Lipinski definition) is 4. The van der Waals surface area contributed by atoms with E-state index in [0.29, 0.717) is 38.3 Å². The van der Waals surface area contributed by atoms with Gasteiger partial charge in [0.1, 0.15) is 17.2 Å². The number of pyridine rings is 1. The Bertz CT molecular complexity index is 1690. The first-order valence-corrected chi connectivity index (χ1v) is 13.5. The maximum atomic E-state index is 13.7. The molecule has 5 aromatic rings. The van der Waals surface area contributed by atoms with E-state index in [4.69, 9.17) is 9.72 Å². The Morgan fingerprint density at radius 1 is 0.875 bits per heavy atom. The Hall–Kier alpha value is -4.49. The minimum atomic E-state index is -0.396. The second kappa shape index (κ2) is 10.9. The third-order valence-electron chi connectivity index (χ3n) is 7.52. The Kier molecular flexibility index (Phi) is 7.05. The number of ether oxygens (including phenoxy) is 1. The number of methoxy groups -OCH3 is 1. The van der Waals surface area contributed by atoms with Gasteiger partial charge in [-0.05, 0) is 60.5 Å². The van der Waals surface area contributed by atoms with Crippen LogP contribution in [0.2, 0.25) is 0 Å². The molecular formula is C33H31FN4O2. The van der Waals surface area contributed by atoms with Crippen LogP contribution in [0.3, 0.4) is 0 Å². The van der Waals surface area contributed by atoms with Gasteiger partial charge in [0.25, 0.3) is 5.91 Å². The van der Waals surface area contributed by atoms with E-state index >= 15 is 0 Å². The largest absolute Gasteiger partial charge is 0.497 e. The van der Waals surface area contributed by atoms with Crippen molar-refractivity contribution < 1.29 is 13.9 Å². The highest BCUT2D eigenvalue weighted by Crippen LogP contribution is 2.31. The molecule has 0 atom stereocenters. The van der Waals surface area contributed by atoms with Gasteiger partial charge in [-0.1, -0.05) is 48.0 Å². The summed E-state index contributed by atoms with van der Waals surface area (Å²) in [4.78, 5) is 22.2. The van der Waals surface area contributed by atoms with E-state index in [0.717, 1.165) is 39.5 Å². The van der Waals surface area contributed by atoms with Crippen LogP contribution in [0.4, 0.5) is 4.39 Å². The Morgan fingerprint density at radius 2 is 1.65 bits per heavy atom. The SMILES string of the molecule is COc1cccc(-c2nc3ccc(-c4cccc(C)c4)cn3c2CN2CCN(C(=O)c3cccc(F)c3)CC2)c1. The van der Waals surface area contributed by atoms with E-state index in [1.807, 2.05) is 18.2 Å². The average molecular weight is 535 g/mol. The van der Waals surface area contributed by atoms with Crippen molar-refractivity contribution in [2.24, 2.45) is 0 Å². The summed E-state index contributed by atoms with van der Waals surface area (Å²) in [7, 11) is 1.67. The van der Waals surface area contributed by atoms with Crippen LogP contribution in [-0.4, -0.2) is 58.4 Å². The first-order chi connectivity index (χ1) is 19.5. The molecule has 3 aromatic carbocycles. The predicted octanol–water partition coefficient (Wildman–Crippen LogP) is 6.08. The van der Waals surface area contributed by atoms with Crippen molar-refractivity contribution in [3.05, 3.63) is 114 Å². The van der Waals surface area contributed by atoms with E-state index in [-0.39, 0.29) is 5.91 Å². The van der Waals surface area contributed by atoms with Gasteiger partial charge in [0.05, 0.1) is 18.5 Å².